The van der Waals surface area contributed by atoms with E-state index in [9.17, 15) is 0 Å². The summed E-state index contributed by atoms with van der Waals surface area (Å²) >= 11 is 0. The molecule has 3 fully saturated rings. The second kappa shape index (κ2) is 4.34. The summed E-state index contributed by atoms with van der Waals surface area (Å²) in [5.41, 5.74) is 0. The van der Waals surface area contributed by atoms with Crippen LogP contribution in [-0.2, 0) is 6.42 Å². The molecule has 2 aliphatic carbocycles. The van der Waals surface area contributed by atoms with Crippen molar-refractivity contribution < 1.29 is 4.52 Å². The third-order valence-corrected chi connectivity index (χ3v) is 5.05. The molecule has 3 aliphatic rings. The number of hydrogen-bond donors (Lipinski definition) is 1. The molecule has 0 bridgehead atoms. The number of aromatic nitrogens is 2. The Morgan fingerprint density at radius 3 is 2.83 bits per heavy atom. The minimum absolute atomic E-state index is 0.615. The van der Waals surface area contributed by atoms with E-state index >= 15 is 0 Å². The zero-order valence-corrected chi connectivity index (χ0v) is 10.8. The average Bonchev–Trinajstić information content (AvgIpc) is 2.82. The van der Waals surface area contributed by atoms with E-state index in [0.29, 0.717) is 11.8 Å². The lowest BCUT2D eigenvalue weighted by atomic mass is 9.96. The molecule has 4 heteroatoms. The molecule has 2 heterocycles. The van der Waals surface area contributed by atoms with Gasteiger partial charge in [-0.05, 0) is 56.5 Å². The van der Waals surface area contributed by atoms with E-state index in [-0.39, 0.29) is 0 Å². The number of piperidine rings is 1. The molecule has 18 heavy (non-hydrogen) atoms. The maximum absolute atomic E-state index is 5.48. The predicted molar refractivity (Wildman–Crippen MR) is 67.2 cm³/mol. The Morgan fingerprint density at radius 1 is 1.17 bits per heavy atom. The van der Waals surface area contributed by atoms with Crippen LogP contribution in [0, 0.1) is 17.8 Å². The highest BCUT2D eigenvalue weighted by Crippen LogP contribution is 2.62. The fourth-order valence-corrected chi connectivity index (χ4v) is 4.03. The molecule has 98 valence electrons. The van der Waals surface area contributed by atoms with Crippen molar-refractivity contribution in [1.29, 1.82) is 0 Å². The van der Waals surface area contributed by atoms with Crippen molar-refractivity contribution in [3.05, 3.63) is 11.7 Å². The number of fused-ring (bicyclic) bond motifs is 1. The maximum Gasteiger partial charge on any atom is 0.230 e. The summed E-state index contributed by atoms with van der Waals surface area (Å²) in [4.78, 5) is 4.64. The molecule has 1 N–H and O–H groups in total. The van der Waals surface area contributed by atoms with Crippen LogP contribution in [0.4, 0.5) is 0 Å². The predicted octanol–water partition coefficient (Wildman–Crippen LogP) is 2.13. The van der Waals surface area contributed by atoms with Crippen LogP contribution in [-0.4, -0.2) is 23.2 Å². The molecular formula is C14H21N3O. The number of nitrogens with one attached hydrogen (secondary N) is 1. The molecular weight excluding hydrogens is 226 g/mol. The molecule has 1 aromatic heterocycles. The zero-order valence-electron chi connectivity index (χ0n) is 10.8. The first-order valence-corrected chi connectivity index (χ1v) is 7.45. The van der Waals surface area contributed by atoms with Crippen LogP contribution in [0.5, 0.6) is 0 Å². The SMILES string of the molecule is C1CNCC(Cc2noc(C3C4CCCC43)n2)C1. The topological polar surface area (TPSA) is 51.0 Å². The number of nitrogens with zero attached hydrogens (tertiary/aromatic N) is 2. The van der Waals surface area contributed by atoms with Crippen LogP contribution in [0.1, 0.15) is 49.7 Å². The molecule has 4 rings (SSSR count). The quantitative estimate of drug-likeness (QED) is 0.889. The van der Waals surface area contributed by atoms with E-state index < -0.39 is 0 Å². The summed E-state index contributed by atoms with van der Waals surface area (Å²) in [5.74, 6) is 4.92. The van der Waals surface area contributed by atoms with Gasteiger partial charge in [-0.3, -0.25) is 0 Å². The van der Waals surface area contributed by atoms with Gasteiger partial charge in [-0.1, -0.05) is 11.6 Å². The fourth-order valence-electron chi connectivity index (χ4n) is 4.03. The van der Waals surface area contributed by atoms with E-state index in [1.807, 2.05) is 0 Å². The first kappa shape index (κ1) is 11.0. The first-order valence-electron chi connectivity index (χ1n) is 7.45. The van der Waals surface area contributed by atoms with Gasteiger partial charge in [-0.15, -0.1) is 0 Å². The van der Waals surface area contributed by atoms with E-state index in [1.54, 1.807) is 0 Å². The van der Waals surface area contributed by atoms with Gasteiger partial charge in [-0.2, -0.15) is 4.98 Å². The Labute approximate surface area is 108 Å². The largest absolute Gasteiger partial charge is 0.339 e. The summed E-state index contributed by atoms with van der Waals surface area (Å²) in [6.45, 7) is 2.28. The molecule has 4 nitrogen and oxygen atoms in total. The van der Waals surface area contributed by atoms with Gasteiger partial charge in [0, 0.05) is 12.3 Å². The van der Waals surface area contributed by atoms with Crippen LogP contribution in [0.3, 0.4) is 0 Å². The summed E-state index contributed by atoms with van der Waals surface area (Å²) in [7, 11) is 0. The highest BCUT2D eigenvalue weighted by molar-refractivity contribution is 5.16. The summed E-state index contributed by atoms with van der Waals surface area (Å²) in [6.07, 6.45) is 7.71. The van der Waals surface area contributed by atoms with Crippen molar-refractivity contribution in [3.8, 4) is 0 Å². The summed E-state index contributed by atoms with van der Waals surface area (Å²) in [6, 6.07) is 0. The molecule has 0 amide bonds. The molecule has 0 spiro atoms. The third kappa shape index (κ3) is 1.87. The van der Waals surface area contributed by atoms with Crippen LogP contribution < -0.4 is 5.32 Å². The Morgan fingerprint density at radius 2 is 2.06 bits per heavy atom. The van der Waals surface area contributed by atoms with Gasteiger partial charge in [-0.25, -0.2) is 0 Å². The maximum atomic E-state index is 5.48. The van der Waals surface area contributed by atoms with Crippen LogP contribution in [0.2, 0.25) is 0 Å². The van der Waals surface area contributed by atoms with E-state index in [1.165, 1.54) is 38.6 Å². The molecule has 2 saturated carbocycles. The monoisotopic (exact) mass is 247 g/mol. The van der Waals surface area contributed by atoms with Crippen molar-refractivity contribution in [2.45, 2.75) is 44.4 Å². The third-order valence-electron chi connectivity index (χ3n) is 5.05. The second-order valence-electron chi connectivity index (χ2n) is 6.25. The van der Waals surface area contributed by atoms with Crippen LogP contribution >= 0.6 is 0 Å². The lowest BCUT2D eigenvalue weighted by molar-refractivity contribution is 0.345. The highest BCUT2D eigenvalue weighted by Gasteiger charge is 2.56. The van der Waals surface area contributed by atoms with Gasteiger partial charge in [0.1, 0.15) is 0 Å². The van der Waals surface area contributed by atoms with E-state index in [0.717, 1.165) is 36.5 Å². The Kier molecular flexibility index (Phi) is 2.64. The molecule has 1 aromatic rings. The minimum atomic E-state index is 0.615. The molecule has 0 aromatic carbocycles. The number of hydrogen-bond acceptors (Lipinski definition) is 4. The van der Waals surface area contributed by atoms with Gasteiger partial charge >= 0.3 is 0 Å². The van der Waals surface area contributed by atoms with Crippen LogP contribution in [0.15, 0.2) is 4.52 Å². The van der Waals surface area contributed by atoms with Gasteiger partial charge in [0.25, 0.3) is 0 Å². The average molecular weight is 247 g/mol. The minimum Gasteiger partial charge on any atom is -0.339 e. The van der Waals surface area contributed by atoms with Crippen molar-refractivity contribution in [2.75, 3.05) is 13.1 Å². The fraction of sp³-hybridized carbons (Fsp3) is 0.857. The highest BCUT2D eigenvalue weighted by atomic mass is 16.5. The van der Waals surface area contributed by atoms with Crippen molar-refractivity contribution >= 4 is 0 Å². The standard InChI is InChI=1S/C14H21N3O/c1-4-10-11(5-1)13(10)14-16-12(17-18-14)7-9-3-2-6-15-8-9/h9-11,13,15H,1-8H2. The molecule has 3 atom stereocenters. The second-order valence-corrected chi connectivity index (χ2v) is 6.25. The summed E-state index contributed by atoms with van der Waals surface area (Å²) in [5, 5.41) is 7.63. The van der Waals surface area contributed by atoms with Crippen molar-refractivity contribution in [3.63, 3.8) is 0 Å². The normalized spacial score (nSPS) is 38.7. The van der Waals surface area contributed by atoms with Gasteiger partial charge < -0.3 is 9.84 Å². The molecule has 0 radical (unpaired) electrons. The zero-order chi connectivity index (χ0) is 11.9. The van der Waals surface area contributed by atoms with Crippen LogP contribution in [0.25, 0.3) is 0 Å². The van der Waals surface area contributed by atoms with E-state index in [2.05, 4.69) is 15.5 Å². The molecule has 1 saturated heterocycles. The summed E-state index contributed by atoms with van der Waals surface area (Å²) < 4.78 is 5.48. The van der Waals surface area contributed by atoms with E-state index in [4.69, 9.17) is 4.52 Å². The van der Waals surface area contributed by atoms with Gasteiger partial charge in [0.2, 0.25) is 5.89 Å². The first-order chi connectivity index (χ1) is 8.92. The lowest BCUT2D eigenvalue weighted by Gasteiger charge is -2.20. The van der Waals surface area contributed by atoms with Gasteiger partial charge in [0.15, 0.2) is 5.82 Å². The van der Waals surface area contributed by atoms with Gasteiger partial charge in [0.05, 0.1) is 0 Å². The van der Waals surface area contributed by atoms with Crippen molar-refractivity contribution in [2.24, 2.45) is 17.8 Å². The smallest absolute Gasteiger partial charge is 0.230 e. The molecule has 3 unspecified atom stereocenters. The lowest BCUT2D eigenvalue weighted by Crippen LogP contribution is -2.31. The Balaban J connectivity index is 1.39. The van der Waals surface area contributed by atoms with Crippen molar-refractivity contribution in [1.82, 2.24) is 15.5 Å². The molecule has 1 aliphatic heterocycles. The number of rotatable bonds is 3. The Hall–Kier alpha value is -0.900. The Bertz CT molecular complexity index is 414.